The monoisotopic (exact) mass is 224 g/mol. The van der Waals surface area contributed by atoms with Crippen molar-refractivity contribution in [2.24, 2.45) is 0 Å². The fraction of sp³-hybridized carbons (Fsp3) is 0.556. The SMILES string of the molecule is C.C=CC=O.CS.CSCCC=O. The number of hydrogen-bond acceptors (Lipinski definition) is 4. The summed E-state index contributed by atoms with van der Waals surface area (Å²) < 4.78 is 0. The Hall–Kier alpha value is -0.220. The lowest BCUT2D eigenvalue weighted by molar-refractivity contribution is -0.107. The highest BCUT2D eigenvalue weighted by molar-refractivity contribution is 7.98. The summed E-state index contributed by atoms with van der Waals surface area (Å²) in [4.78, 5) is 18.6. The van der Waals surface area contributed by atoms with Gasteiger partial charge < -0.3 is 4.79 Å². The normalized spacial score (nSPS) is 5.77. The summed E-state index contributed by atoms with van der Waals surface area (Å²) in [6.45, 7) is 3.11. The molecule has 0 aromatic rings. The molecule has 0 fully saturated rings. The minimum Gasteiger partial charge on any atom is -0.303 e. The molecule has 4 heteroatoms. The number of thiol groups is 1. The summed E-state index contributed by atoms with van der Waals surface area (Å²) in [7, 11) is 0. The van der Waals surface area contributed by atoms with E-state index in [2.05, 4.69) is 19.2 Å². The van der Waals surface area contributed by atoms with Crippen LogP contribution in [0.3, 0.4) is 0 Å². The standard InChI is InChI=1S/C4H8OS.C3H4O.CH4S.CH4/c1-6-4-2-3-5;1-2-3-4;1-2;/h3H,2,4H2,1H3;2-3H,1H2;2H,1H3;1H4. The quantitative estimate of drug-likeness (QED) is 0.345. The van der Waals surface area contributed by atoms with E-state index < -0.39 is 0 Å². The van der Waals surface area contributed by atoms with E-state index in [1.165, 1.54) is 6.08 Å². The molecule has 0 amide bonds. The van der Waals surface area contributed by atoms with Gasteiger partial charge in [0.05, 0.1) is 0 Å². The second kappa shape index (κ2) is 41.0. The highest BCUT2D eigenvalue weighted by Gasteiger charge is 1.74. The van der Waals surface area contributed by atoms with E-state index in [1.807, 2.05) is 6.26 Å². The van der Waals surface area contributed by atoms with Crippen LogP contribution in [-0.2, 0) is 9.59 Å². The second-order valence-electron chi connectivity index (χ2n) is 1.32. The Morgan fingerprint density at radius 2 is 1.77 bits per heavy atom. The maximum absolute atomic E-state index is 9.55. The summed E-state index contributed by atoms with van der Waals surface area (Å²) >= 11 is 5.22. The molecule has 0 saturated heterocycles. The molecule has 0 aromatic heterocycles. The van der Waals surface area contributed by atoms with Gasteiger partial charge in [-0.25, -0.2) is 0 Å². The van der Waals surface area contributed by atoms with Gasteiger partial charge in [-0.3, -0.25) is 4.79 Å². The van der Waals surface area contributed by atoms with Crippen molar-refractivity contribution in [3.8, 4) is 0 Å². The van der Waals surface area contributed by atoms with Gasteiger partial charge >= 0.3 is 0 Å². The molecular formula is C9H20O2S2. The number of aldehydes is 2. The van der Waals surface area contributed by atoms with Crippen molar-refractivity contribution < 1.29 is 9.59 Å². The summed E-state index contributed by atoms with van der Waals surface area (Å²) in [5, 5.41) is 0. The molecular weight excluding hydrogens is 204 g/mol. The molecule has 2 nitrogen and oxygen atoms in total. The fourth-order valence-corrected chi connectivity index (χ4v) is 0.498. The molecule has 0 aliphatic heterocycles. The van der Waals surface area contributed by atoms with Crippen LogP contribution in [0, 0.1) is 0 Å². The lowest BCUT2D eigenvalue weighted by Gasteiger charge is -1.79. The molecule has 0 aromatic carbocycles. The van der Waals surface area contributed by atoms with Gasteiger partial charge in [-0.1, -0.05) is 14.0 Å². The molecule has 0 heterocycles. The molecule has 0 spiro atoms. The minimum atomic E-state index is 0. The van der Waals surface area contributed by atoms with Crippen molar-refractivity contribution in [2.75, 3.05) is 18.3 Å². The Bertz CT molecular complexity index is 89.6. The average molecular weight is 224 g/mol. The van der Waals surface area contributed by atoms with Crippen LogP contribution in [0.5, 0.6) is 0 Å². The summed E-state index contributed by atoms with van der Waals surface area (Å²) in [5.74, 6) is 0.962. The molecule has 0 N–H and O–H groups in total. The Kier molecular flexibility index (Phi) is 72.5. The maximum Gasteiger partial charge on any atom is 0.142 e. The smallest absolute Gasteiger partial charge is 0.142 e. The van der Waals surface area contributed by atoms with E-state index in [9.17, 15) is 4.79 Å². The van der Waals surface area contributed by atoms with Gasteiger partial charge in [0.15, 0.2) is 0 Å². The zero-order valence-electron chi connectivity index (χ0n) is 7.53. The van der Waals surface area contributed by atoms with E-state index in [0.29, 0.717) is 12.7 Å². The van der Waals surface area contributed by atoms with Gasteiger partial charge in [0, 0.05) is 6.42 Å². The van der Waals surface area contributed by atoms with E-state index >= 15 is 0 Å². The summed E-state index contributed by atoms with van der Waals surface area (Å²) in [6, 6.07) is 0. The fourth-order valence-electron chi connectivity index (χ4n) is 0.166. The number of thioether (sulfide) groups is 1. The molecule has 0 unspecified atom stereocenters. The largest absolute Gasteiger partial charge is 0.303 e. The maximum atomic E-state index is 9.55. The third-order valence-electron chi connectivity index (χ3n) is 0.536. The van der Waals surface area contributed by atoms with Crippen LogP contribution in [0.1, 0.15) is 13.8 Å². The summed E-state index contributed by atoms with van der Waals surface area (Å²) in [6.07, 6.45) is 7.15. The first-order chi connectivity index (χ1) is 5.83. The number of allylic oxidation sites excluding steroid dienone is 1. The van der Waals surface area contributed by atoms with Crippen LogP contribution in [-0.4, -0.2) is 30.8 Å². The van der Waals surface area contributed by atoms with Gasteiger partial charge in [0.25, 0.3) is 0 Å². The first-order valence-electron chi connectivity index (χ1n) is 3.27. The zero-order valence-corrected chi connectivity index (χ0v) is 9.24. The molecule has 80 valence electrons. The number of hydrogen-bond donors (Lipinski definition) is 1. The molecule has 0 radical (unpaired) electrons. The second-order valence-corrected chi connectivity index (χ2v) is 2.31. The van der Waals surface area contributed by atoms with Crippen molar-refractivity contribution in [1.29, 1.82) is 0 Å². The van der Waals surface area contributed by atoms with Crippen molar-refractivity contribution in [3.63, 3.8) is 0 Å². The Balaban J connectivity index is -0.0000000512. The number of carbonyl (C=O) groups is 2. The third-order valence-corrected chi connectivity index (χ3v) is 1.18. The number of rotatable bonds is 4. The minimum absolute atomic E-state index is 0. The lowest BCUT2D eigenvalue weighted by Crippen LogP contribution is -1.75. The number of carbonyl (C=O) groups excluding carboxylic acids is 2. The van der Waals surface area contributed by atoms with Gasteiger partial charge in [0.2, 0.25) is 0 Å². The summed E-state index contributed by atoms with van der Waals surface area (Å²) in [5.41, 5.74) is 0. The van der Waals surface area contributed by atoms with Crippen molar-refractivity contribution >= 4 is 37.0 Å². The predicted molar refractivity (Wildman–Crippen MR) is 67.0 cm³/mol. The van der Waals surface area contributed by atoms with Gasteiger partial charge in [0.1, 0.15) is 12.6 Å². The average Bonchev–Trinajstić information content (AvgIpc) is 2.18. The van der Waals surface area contributed by atoms with Crippen LogP contribution < -0.4 is 0 Å². The van der Waals surface area contributed by atoms with Crippen LogP contribution >= 0.6 is 24.4 Å². The Morgan fingerprint density at radius 3 is 1.85 bits per heavy atom. The molecule has 13 heavy (non-hydrogen) atoms. The molecule has 0 atom stereocenters. The van der Waals surface area contributed by atoms with E-state index in [4.69, 9.17) is 4.79 Å². The topological polar surface area (TPSA) is 34.1 Å². The van der Waals surface area contributed by atoms with Crippen molar-refractivity contribution in [1.82, 2.24) is 0 Å². The molecule has 0 bridgehead atoms. The van der Waals surface area contributed by atoms with Crippen LogP contribution in [0.4, 0.5) is 0 Å². The molecule has 0 aliphatic carbocycles. The molecule has 0 aliphatic rings. The lowest BCUT2D eigenvalue weighted by atomic mass is 10.6. The zero-order chi connectivity index (χ0) is 10.2. The van der Waals surface area contributed by atoms with Crippen LogP contribution in [0.2, 0.25) is 0 Å². The first-order valence-corrected chi connectivity index (χ1v) is 5.55. The molecule has 0 rings (SSSR count). The van der Waals surface area contributed by atoms with Crippen LogP contribution in [0.25, 0.3) is 0 Å². The predicted octanol–water partition coefficient (Wildman–Crippen LogP) is 2.49. The van der Waals surface area contributed by atoms with Gasteiger partial charge in [-0.2, -0.15) is 24.4 Å². The van der Waals surface area contributed by atoms with Crippen molar-refractivity contribution in [2.45, 2.75) is 13.8 Å². The first kappa shape index (κ1) is 23.0. The Morgan fingerprint density at radius 1 is 1.38 bits per heavy atom. The highest BCUT2D eigenvalue weighted by Crippen LogP contribution is 1.90. The van der Waals surface area contributed by atoms with Gasteiger partial charge in [-0.05, 0) is 24.3 Å². The van der Waals surface area contributed by atoms with E-state index in [-0.39, 0.29) is 7.43 Å². The Labute approximate surface area is 91.6 Å². The third kappa shape index (κ3) is 78.9. The van der Waals surface area contributed by atoms with E-state index in [0.717, 1.165) is 12.0 Å². The molecule has 0 saturated carbocycles. The van der Waals surface area contributed by atoms with Gasteiger partial charge in [-0.15, -0.1) is 0 Å². The van der Waals surface area contributed by atoms with Crippen molar-refractivity contribution in [3.05, 3.63) is 12.7 Å². The van der Waals surface area contributed by atoms with Crippen LogP contribution in [0.15, 0.2) is 12.7 Å². The highest BCUT2D eigenvalue weighted by atomic mass is 32.2. The van der Waals surface area contributed by atoms with E-state index in [1.54, 1.807) is 18.0 Å².